The third-order valence-corrected chi connectivity index (χ3v) is 3.92. The molecule has 27 heavy (non-hydrogen) atoms. The molecule has 0 fully saturated rings. The summed E-state index contributed by atoms with van der Waals surface area (Å²) in [4.78, 5) is 14.2. The Kier molecular flexibility index (Phi) is 7.24. The van der Waals surface area contributed by atoms with Gasteiger partial charge in [0.2, 0.25) is 0 Å². The smallest absolute Gasteiger partial charge is 0.387 e. The molecule has 2 aromatic carbocycles. The molecule has 0 N–H and O–H groups in total. The number of carbonyl (C=O) groups is 1. The SMILES string of the molecule is CCOc1cc(CN(C)C(=O)c2ccc(Cl)cc2OC)ccc1OC(F)F. The fourth-order valence-corrected chi connectivity index (χ4v) is 2.67. The number of hydrogen-bond acceptors (Lipinski definition) is 4. The largest absolute Gasteiger partial charge is 0.496 e. The molecule has 0 radical (unpaired) electrons. The minimum absolute atomic E-state index is 0.0519. The molecule has 0 saturated heterocycles. The number of rotatable bonds is 8. The Labute approximate surface area is 161 Å². The van der Waals surface area contributed by atoms with Crippen LogP contribution in [0.5, 0.6) is 17.2 Å². The van der Waals surface area contributed by atoms with Crippen LogP contribution < -0.4 is 14.2 Å². The second kappa shape index (κ2) is 9.41. The molecule has 5 nitrogen and oxygen atoms in total. The number of alkyl halides is 2. The molecule has 0 aliphatic carbocycles. The van der Waals surface area contributed by atoms with Crippen molar-refractivity contribution in [2.45, 2.75) is 20.1 Å². The van der Waals surface area contributed by atoms with Gasteiger partial charge in [-0.05, 0) is 42.8 Å². The second-order valence-electron chi connectivity index (χ2n) is 5.60. The highest BCUT2D eigenvalue weighted by atomic mass is 35.5. The van der Waals surface area contributed by atoms with E-state index in [0.717, 1.165) is 0 Å². The van der Waals surface area contributed by atoms with E-state index in [9.17, 15) is 13.6 Å². The van der Waals surface area contributed by atoms with Gasteiger partial charge >= 0.3 is 6.61 Å². The summed E-state index contributed by atoms with van der Waals surface area (Å²) in [7, 11) is 3.08. The molecule has 0 aliphatic heterocycles. The maximum Gasteiger partial charge on any atom is 0.387 e. The number of methoxy groups -OCH3 is 1. The van der Waals surface area contributed by atoms with Crippen molar-refractivity contribution in [3.05, 3.63) is 52.5 Å². The number of carbonyl (C=O) groups excluding carboxylic acids is 1. The fraction of sp³-hybridized carbons (Fsp3) is 0.316. The molecule has 2 rings (SSSR count). The van der Waals surface area contributed by atoms with Gasteiger partial charge in [-0.1, -0.05) is 17.7 Å². The van der Waals surface area contributed by atoms with Crippen LogP contribution in [0.4, 0.5) is 8.78 Å². The first kappa shape index (κ1) is 20.8. The quantitative estimate of drug-likeness (QED) is 0.649. The van der Waals surface area contributed by atoms with Crippen LogP contribution in [0.1, 0.15) is 22.8 Å². The summed E-state index contributed by atoms with van der Waals surface area (Å²) in [6.07, 6.45) is 0. The highest BCUT2D eigenvalue weighted by molar-refractivity contribution is 6.30. The summed E-state index contributed by atoms with van der Waals surface area (Å²) in [5.41, 5.74) is 1.07. The van der Waals surface area contributed by atoms with Crippen LogP contribution in [0.15, 0.2) is 36.4 Å². The van der Waals surface area contributed by atoms with Crippen LogP contribution in [0.3, 0.4) is 0 Å². The Morgan fingerprint density at radius 2 is 1.89 bits per heavy atom. The lowest BCUT2D eigenvalue weighted by Gasteiger charge is -2.20. The second-order valence-corrected chi connectivity index (χ2v) is 6.03. The number of amides is 1. The maximum atomic E-state index is 12.7. The van der Waals surface area contributed by atoms with Crippen LogP contribution in [0.2, 0.25) is 5.02 Å². The number of ether oxygens (including phenoxy) is 3. The summed E-state index contributed by atoms with van der Waals surface area (Å²) in [6, 6.07) is 9.33. The lowest BCUT2D eigenvalue weighted by molar-refractivity contribution is -0.0514. The maximum absolute atomic E-state index is 12.7. The molecule has 8 heteroatoms. The minimum Gasteiger partial charge on any atom is -0.496 e. The van der Waals surface area contributed by atoms with Gasteiger partial charge < -0.3 is 19.1 Å². The molecule has 0 heterocycles. The molecule has 0 aliphatic rings. The lowest BCUT2D eigenvalue weighted by Crippen LogP contribution is -2.26. The normalized spacial score (nSPS) is 10.6. The van der Waals surface area contributed by atoms with Crippen molar-refractivity contribution in [3.8, 4) is 17.2 Å². The van der Waals surface area contributed by atoms with E-state index in [1.165, 1.54) is 18.1 Å². The number of nitrogens with zero attached hydrogens (tertiary/aromatic N) is 1. The first-order valence-corrected chi connectivity index (χ1v) is 8.53. The number of benzene rings is 2. The zero-order chi connectivity index (χ0) is 20.0. The zero-order valence-corrected chi connectivity index (χ0v) is 15.9. The summed E-state index contributed by atoms with van der Waals surface area (Å²) in [5.74, 6) is 0.244. The van der Waals surface area contributed by atoms with Gasteiger partial charge in [0.05, 0.1) is 19.3 Å². The number of halogens is 3. The van der Waals surface area contributed by atoms with E-state index in [-0.39, 0.29) is 24.0 Å². The summed E-state index contributed by atoms with van der Waals surface area (Å²) >= 11 is 5.92. The molecule has 1 amide bonds. The topological polar surface area (TPSA) is 48.0 Å². The molecular formula is C19H20ClF2NO4. The van der Waals surface area contributed by atoms with Crippen molar-refractivity contribution in [2.75, 3.05) is 20.8 Å². The van der Waals surface area contributed by atoms with E-state index >= 15 is 0 Å². The van der Waals surface area contributed by atoms with E-state index in [4.69, 9.17) is 21.1 Å². The van der Waals surface area contributed by atoms with E-state index in [1.54, 1.807) is 44.3 Å². The molecule has 0 aromatic heterocycles. The third kappa shape index (κ3) is 5.47. The van der Waals surface area contributed by atoms with Gasteiger partial charge in [-0.3, -0.25) is 4.79 Å². The molecular weight excluding hydrogens is 380 g/mol. The van der Waals surface area contributed by atoms with Gasteiger partial charge in [0, 0.05) is 18.6 Å². The van der Waals surface area contributed by atoms with Crippen LogP contribution in [-0.4, -0.2) is 38.2 Å². The van der Waals surface area contributed by atoms with Gasteiger partial charge in [-0.2, -0.15) is 8.78 Å². The van der Waals surface area contributed by atoms with Crippen molar-refractivity contribution >= 4 is 17.5 Å². The third-order valence-electron chi connectivity index (χ3n) is 3.68. The summed E-state index contributed by atoms with van der Waals surface area (Å²) in [5, 5.41) is 0.460. The highest BCUT2D eigenvalue weighted by Crippen LogP contribution is 2.31. The van der Waals surface area contributed by atoms with Crippen molar-refractivity contribution in [1.29, 1.82) is 0 Å². The molecule has 2 aromatic rings. The van der Waals surface area contributed by atoms with Crippen LogP contribution in [0, 0.1) is 0 Å². The molecule has 146 valence electrons. The Hall–Kier alpha value is -2.54. The van der Waals surface area contributed by atoms with Crippen LogP contribution in [0.25, 0.3) is 0 Å². The predicted molar refractivity (Wildman–Crippen MR) is 98.0 cm³/mol. The predicted octanol–water partition coefficient (Wildman–Crippen LogP) is 4.62. The van der Waals surface area contributed by atoms with Gasteiger partial charge in [-0.25, -0.2) is 0 Å². The van der Waals surface area contributed by atoms with Crippen molar-refractivity contribution < 1.29 is 27.8 Å². The van der Waals surface area contributed by atoms with Gasteiger partial charge in [0.25, 0.3) is 5.91 Å². The first-order valence-electron chi connectivity index (χ1n) is 8.15. The van der Waals surface area contributed by atoms with Crippen molar-refractivity contribution in [2.24, 2.45) is 0 Å². The average Bonchev–Trinajstić information content (AvgIpc) is 2.63. The van der Waals surface area contributed by atoms with E-state index in [1.807, 2.05) is 0 Å². The Morgan fingerprint density at radius 1 is 1.15 bits per heavy atom. The van der Waals surface area contributed by atoms with E-state index in [2.05, 4.69) is 4.74 Å². The summed E-state index contributed by atoms with van der Waals surface area (Å²) < 4.78 is 40.0. The summed E-state index contributed by atoms with van der Waals surface area (Å²) in [6.45, 7) is -0.683. The van der Waals surface area contributed by atoms with Crippen molar-refractivity contribution in [3.63, 3.8) is 0 Å². The van der Waals surface area contributed by atoms with Crippen molar-refractivity contribution in [1.82, 2.24) is 4.90 Å². The highest BCUT2D eigenvalue weighted by Gasteiger charge is 2.18. The van der Waals surface area contributed by atoms with E-state index < -0.39 is 6.61 Å². The molecule has 0 unspecified atom stereocenters. The Bertz CT molecular complexity index is 801. The number of hydrogen-bond donors (Lipinski definition) is 0. The minimum atomic E-state index is -2.95. The van der Waals surface area contributed by atoms with E-state index in [0.29, 0.717) is 28.5 Å². The molecule has 0 spiro atoms. The standard InChI is InChI=1S/C19H20ClF2NO4/c1-4-26-17-9-12(5-8-15(17)27-19(21)22)11-23(2)18(24)14-7-6-13(20)10-16(14)25-3/h5-10,19H,4,11H2,1-3H3. The molecule has 0 saturated carbocycles. The molecule has 0 bridgehead atoms. The average molecular weight is 400 g/mol. The first-order chi connectivity index (χ1) is 12.8. The van der Waals surface area contributed by atoms with Crippen LogP contribution in [-0.2, 0) is 6.54 Å². The zero-order valence-electron chi connectivity index (χ0n) is 15.2. The monoisotopic (exact) mass is 399 g/mol. The fourth-order valence-electron chi connectivity index (χ4n) is 2.51. The van der Waals surface area contributed by atoms with Gasteiger partial charge in [0.1, 0.15) is 5.75 Å². The van der Waals surface area contributed by atoms with Crippen LogP contribution >= 0.6 is 11.6 Å². The Balaban J connectivity index is 2.20. The van der Waals surface area contributed by atoms with Gasteiger partial charge in [0.15, 0.2) is 11.5 Å². The Morgan fingerprint density at radius 3 is 2.52 bits per heavy atom. The molecule has 0 atom stereocenters. The van der Waals surface area contributed by atoms with Gasteiger partial charge in [-0.15, -0.1) is 0 Å². The lowest BCUT2D eigenvalue weighted by atomic mass is 10.1.